The molecule has 0 radical (unpaired) electrons. The first-order chi connectivity index (χ1) is 14.4. The van der Waals surface area contributed by atoms with Crippen LogP contribution < -0.4 is 14.7 Å². The van der Waals surface area contributed by atoms with Crippen molar-refractivity contribution in [3.8, 4) is 0 Å². The number of nitrogens with zero attached hydrogens (tertiary/aromatic N) is 6. The van der Waals surface area contributed by atoms with Gasteiger partial charge in [0.25, 0.3) is 0 Å². The Morgan fingerprint density at radius 3 is 2.67 bits per heavy atom. The van der Waals surface area contributed by atoms with Gasteiger partial charge in [0.2, 0.25) is 22.1 Å². The van der Waals surface area contributed by atoms with Gasteiger partial charge in [-0.25, -0.2) is 0 Å². The summed E-state index contributed by atoms with van der Waals surface area (Å²) >= 11 is 7.50. The Balaban J connectivity index is 1.32. The van der Waals surface area contributed by atoms with Gasteiger partial charge in [0.15, 0.2) is 0 Å². The smallest absolute Gasteiger partial charge is 0.242 e. The van der Waals surface area contributed by atoms with Gasteiger partial charge in [-0.3, -0.25) is 14.5 Å². The molecule has 0 saturated carbocycles. The van der Waals surface area contributed by atoms with Gasteiger partial charge in [0.1, 0.15) is 0 Å². The van der Waals surface area contributed by atoms with Crippen molar-refractivity contribution >= 4 is 50.7 Å². The molecule has 1 aromatic heterocycles. The first kappa shape index (κ1) is 20.9. The molecule has 1 aromatic carbocycles. The number of likely N-dealkylation sites (N-methyl/N-ethyl adjacent to an activating group) is 1. The second kappa shape index (κ2) is 8.77. The van der Waals surface area contributed by atoms with Crippen LogP contribution in [0.4, 0.5) is 16.0 Å². The van der Waals surface area contributed by atoms with Crippen molar-refractivity contribution in [2.75, 3.05) is 61.0 Å². The number of hydrogen-bond acceptors (Lipinski definition) is 7. The summed E-state index contributed by atoms with van der Waals surface area (Å²) in [5.74, 6) is 0.151. The van der Waals surface area contributed by atoms with Crippen LogP contribution in [0.3, 0.4) is 0 Å². The molecule has 0 atom stereocenters. The monoisotopic (exact) mass is 448 g/mol. The second-order valence-corrected chi connectivity index (χ2v) is 9.04. The summed E-state index contributed by atoms with van der Waals surface area (Å²) in [4.78, 5) is 32.3. The number of aryl methyl sites for hydroxylation is 1. The van der Waals surface area contributed by atoms with E-state index in [1.807, 2.05) is 30.1 Å². The maximum Gasteiger partial charge on any atom is 0.242 e. The third-order valence-corrected chi connectivity index (χ3v) is 6.85. The fraction of sp³-hybridized carbons (Fsp3) is 0.500. The Hall–Kier alpha value is -2.39. The molecule has 2 amide bonds. The summed E-state index contributed by atoms with van der Waals surface area (Å²) in [5.41, 5.74) is 2.31. The second-order valence-electron chi connectivity index (χ2n) is 7.67. The highest BCUT2D eigenvalue weighted by Crippen LogP contribution is 2.29. The molecular formula is C20H25ClN6O2S. The molecule has 0 aliphatic carbocycles. The van der Waals surface area contributed by atoms with E-state index in [-0.39, 0.29) is 18.4 Å². The van der Waals surface area contributed by atoms with Gasteiger partial charge in [-0.15, -0.1) is 10.2 Å². The van der Waals surface area contributed by atoms with Gasteiger partial charge in [-0.2, -0.15) is 0 Å². The predicted molar refractivity (Wildman–Crippen MR) is 120 cm³/mol. The highest BCUT2D eigenvalue weighted by Gasteiger charge is 2.27. The van der Waals surface area contributed by atoms with Crippen molar-refractivity contribution in [3.63, 3.8) is 0 Å². The molecule has 0 N–H and O–H groups in total. The van der Waals surface area contributed by atoms with Gasteiger partial charge >= 0.3 is 0 Å². The lowest BCUT2D eigenvalue weighted by atomic mass is 10.1. The van der Waals surface area contributed by atoms with Gasteiger partial charge in [0, 0.05) is 56.9 Å². The van der Waals surface area contributed by atoms with Crippen LogP contribution in [0, 0.1) is 6.92 Å². The first-order valence-electron chi connectivity index (χ1n) is 10.1. The number of carbonyl (C=O) groups excluding carboxylic acids is 2. The molecule has 3 heterocycles. The maximum atomic E-state index is 12.8. The minimum Gasteiger partial charge on any atom is -0.368 e. The van der Waals surface area contributed by atoms with Crippen molar-refractivity contribution in [1.29, 1.82) is 0 Å². The topological polar surface area (TPSA) is 72.9 Å². The van der Waals surface area contributed by atoms with E-state index in [4.69, 9.17) is 11.6 Å². The van der Waals surface area contributed by atoms with Crippen LogP contribution in [-0.4, -0.2) is 73.2 Å². The minimum atomic E-state index is 0.0639. The Morgan fingerprint density at radius 1 is 1.20 bits per heavy atom. The number of halogens is 1. The molecule has 30 heavy (non-hydrogen) atoms. The van der Waals surface area contributed by atoms with Crippen LogP contribution in [0.2, 0.25) is 5.02 Å². The van der Waals surface area contributed by atoms with Gasteiger partial charge in [0.05, 0.1) is 6.54 Å². The molecule has 160 valence electrons. The number of hydrogen-bond donors (Lipinski definition) is 0. The van der Waals surface area contributed by atoms with Gasteiger partial charge < -0.3 is 14.7 Å². The lowest BCUT2D eigenvalue weighted by Gasteiger charge is -2.37. The fourth-order valence-corrected chi connectivity index (χ4v) is 4.83. The van der Waals surface area contributed by atoms with Crippen LogP contribution in [0.15, 0.2) is 18.2 Å². The van der Waals surface area contributed by atoms with Crippen molar-refractivity contribution in [2.45, 2.75) is 19.8 Å². The van der Waals surface area contributed by atoms with Gasteiger partial charge in [-0.05, 0) is 31.0 Å². The Labute approximate surface area is 185 Å². The standard InChI is InChI=1S/C20H25ClN6O2S/c1-14-5-6-15(21)12-16(14)25-8-10-26(11-9-25)18(29)13-24(2)19-22-23-20(30-19)27-7-3-4-17(27)28/h5-6,12H,3-4,7-11,13H2,1-2H3. The summed E-state index contributed by atoms with van der Waals surface area (Å²) < 4.78 is 0. The van der Waals surface area contributed by atoms with E-state index in [0.29, 0.717) is 36.3 Å². The van der Waals surface area contributed by atoms with Crippen LogP contribution in [0.25, 0.3) is 0 Å². The van der Waals surface area contributed by atoms with E-state index in [9.17, 15) is 9.59 Å². The van der Waals surface area contributed by atoms with Crippen LogP contribution in [-0.2, 0) is 9.59 Å². The highest BCUT2D eigenvalue weighted by atomic mass is 35.5. The average Bonchev–Trinajstić information content (AvgIpc) is 3.39. The molecule has 10 heteroatoms. The molecule has 4 rings (SSSR count). The SMILES string of the molecule is Cc1ccc(Cl)cc1N1CCN(C(=O)CN(C)c2nnc(N3CCCC3=O)s2)CC1. The zero-order valence-electron chi connectivity index (χ0n) is 17.2. The van der Waals surface area contributed by atoms with E-state index < -0.39 is 0 Å². The predicted octanol–water partition coefficient (Wildman–Crippen LogP) is 2.41. The molecule has 0 bridgehead atoms. The highest BCUT2D eigenvalue weighted by molar-refractivity contribution is 7.19. The number of rotatable bonds is 5. The zero-order chi connectivity index (χ0) is 21.3. The number of carbonyl (C=O) groups is 2. The molecule has 8 nitrogen and oxygen atoms in total. The third-order valence-electron chi connectivity index (χ3n) is 5.55. The van der Waals surface area contributed by atoms with E-state index in [1.165, 1.54) is 16.9 Å². The van der Waals surface area contributed by atoms with Crippen molar-refractivity contribution in [2.24, 2.45) is 0 Å². The number of aromatic nitrogens is 2. The van der Waals surface area contributed by atoms with E-state index >= 15 is 0 Å². The Bertz CT molecular complexity index is 943. The van der Waals surface area contributed by atoms with Crippen molar-refractivity contribution < 1.29 is 9.59 Å². The first-order valence-corrected chi connectivity index (χ1v) is 11.3. The number of benzene rings is 1. The number of anilines is 3. The van der Waals surface area contributed by atoms with E-state index in [0.717, 1.165) is 30.2 Å². The Kier molecular flexibility index (Phi) is 6.10. The largest absolute Gasteiger partial charge is 0.368 e. The van der Waals surface area contributed by atoms with Crippen molar-refractivity contribution in [1.82, 2.24) is 15.1 Å². The summed E-state index contributed by atoms with van der Waals surface area (Å²) in [6.07, 6.45) is 1.41. The van der Waals surface area contributed by atoms with Crippen molar-refractivity contribution in [3.05, 3.63) is 28.8 Å². The molecule has 0 spiro atoms. The molecule has 2 fully saturated rings. The van der Waals surface area contributed by atoms with Crippen LogP contribution in [0.5, 0.6) is 0 Å². The summed E-state index contributed by atoms with van der Waals surface area (Å²) in [5, 5.41) is 10.3. The van der Waals surface area contributed by atoms with Crippen LogP contribution in [0.1, 0.15) is 18.4 Å². The van der Waals surface area contributed by atoms with E-state index in [1.54, 1.807) is 9.80 Å². The normalized spacial score (nSPS) is 17.0. The van der Waals surface area contributed by atoms with E-state index in [2.05, 4.69) is 22.0 Å². The average molecular weight is 449 g/mol. The molecular weight excluding hydrogens is 424 g/mol. The summed E-state index contributed by atoms with van der Waals surface area (Å²) in [6, 6.07) is 5.91. The summed E-state index contributed by atoms with van der Waals surface area (Å²) in [6.45, 7) is 5.88. The quantitative estimate of drug-likeness (QED) is 0.699. The number of piperazine rings is 1. The Morgan fingerprint density at radius 2 is 1.97 bits per heavy atom. The molecule has 2 saturated heterocycles. The number of amides is 2. The summed E-state index contributed by atoms with van der Waals surface area (Å²) in [7, 11) is 1.83. The third kappa shape index (κ3) is 4.37. The maximum absolute atomic E-state index is 12.8. The fourth-order valence-electron chi connectivity index (χ4n) is 3.81. The lowest BCUT2D eigenvalue weighted by Crippen LogP contribution is -2.51. The molecule has 2 aromatic rings. The molecule has 2 aliphatic heterocycles. The lowest BCUT2D eigenvalue weighted by molar-refractivity contribution is -0.130. The molecule has 0 unspecified atom stereocenters. The minimum absolute atomic E-state index is 0.0639. The van der Waals surface area contributed by atoms with Crippen LogP contribution >= 0.6 is 22.9 Å². The van der Waals surface area contributed by atoms with Gasteiger partial charge in [-0.1, -0.05) is 29.0 Å². The zero-order valence-corrected chi connectivity index (χ0v) is 18.7. The molecule has 2 aliphatic rings.